The Hall–Kier alpha value is -1.44. The summed E-state index contributed by atoms with van der Waals surface area (Å²) in [6.07, 6.45) is 2.47. The molecule has 2 nitrogen and oxygen atoms in total. The maximum Gasteiger partial charge on any atom is 0.137 e. The number of rotatable bonds is 1. The molecule has 1 heterocycles. The van der Waals surface area contributed by atoms with E-state index < -0.39 is 0 Å². The molecule has 0 aliphatic rings. The van der Waals surface area contributed by atoms with Gasteiger partial charge in [0, 0.05) is 11.5 Å². The summed E-state index contributed by atoms with van der Waals surface area (Å²) in [6, 6.07) is 5.51. The Morgan fingerprint density at radius 1 is 1.42 bits per heavy atom. The third-order valence-electron chi connectivity index (χ3n) is 2.03. The molecule has 0 aliphatic carbocycles. The second-order valence-electron chi connectivity index (χ2n) is 2.79. The van der Waals surface area contributed by atoms with Crippen LogP contribution in [0.2, 0.25) is 0 Å². The molecular weight excluding hydrogens is 152 g/mol. The minimum Gasteiger partial charge on any atom is -0.508 e. The van der Waals surface area contributed by atoms with Crippen molar-refractivity contribution in [1.82, 2.24) is 0 Å². The summed E-state index contributed by atoms with van der Waals surface area (Å²) >= 11 is 0. The average molecular weight is 162 g/mol. The van der Waals surface area contributed by atoms with Crippen LogP contribution in [-0.2, 0) is 6.42 Å². The van der Waals surface area contributed by atoms with Crippen molar-refractivity contribution in [3.63, 3.8) is 0 Å². The predicted octanol–water partition coefficient (Wildman–Crippen LogP) is 2.70. The van der Waals surface area contributed by atoms with Crippen LogP contribution in [0.1, 0.15) is 12.5 Å². The number of furan rings is 1. The van der Waals surface area contributed by atoms with Crippen LogP contribution in [0.5, 0.6) is 5.75 Å². The highest BCUT2D eigenvalue weighted by molar-refractivity contribution is 5.79. The predicted molar refractivity (Wildman–Crippen MR) is 47.3 cm³/mol. The van der Waals surface area contributed by atoms with Crippen LogP contribution in [0.3, 0.4) is 0 Å². The third kappa shape index (κ3) is 0.961. The first kappa shape index (κ1) is 7.22. The molecule has 0 amide bonds. The van der Waals surface area contributed by atoms with Gasteiger partial charge in [-0.3, -0.25) is 0 Å². The molecule has 12 heavy (non-hydrogen) atoms. The highest BCUT2D eigenvalue weighted by Crippen LogP contribution is 2.25. The Balaban J connectivity index is 2.73. The van der Waals surface area contributed by atoms with E-state index in [1.54, 1.807) is 12.3 Å². The fourth-order valence-corrected chi connectivity index (χ4v) is 1.33. The van der Waals surface area contributed by atoms with Crippen molar-refractivity contribution in [2.45, 2.75) is 13.3 Å². The first-order valence-electron chi connectivity index (χ1n) is 4.00. The quantitative estimate of drug-likeness (QED) is 0.699. The molecule has 0 saturated heterocycles. The largest absolute Gasteiger partial charge is 0.508 e. The van der Waals surface area contributed by atoms with E-state index in [-0.39, 0.29) is 0 Å². The minimum atomic E-state index is 0.319. The molecule has 2 rings (SSSR count). The van der Waals surface area contributed by atoms with Gasteiger partial charge in [-0.15, -0.1) is 0 Å². The van der Waals surface area contributed by atoms with Crippen molar-refractivity contribution < 1.29 is 9.52 Å². The van der Waals surface area contributed by atoms with Crippen molar-refractivity contribution in [3.05, 3.63) is 30.0 Å². The lowest BCUT2D eigenvalue weighted by Crippen LogP contribution is -1.79. The zero-order valence-electron chi connectivity index (χ0n) is 6.87. The van der Waals surface area contributed by atoms with Gasteiger partial charge in [-0.2, -0.15) is 0 Å². The molecule has 62 valence electrons. The SMILES string of the molecule is CCc1cc2ccoc2cc1O. The van der Waals surface area contributed by atoms with E-state index in [2.05, 4.69) is 0 Å². The van der Waals surface area contributed by atoms with E-state index in [4.69, 9.17) is 4.42 Å². The van der Waals surface area contributed by atoms with Gasteiger partial charge in [-0.1, -0.05) is 6.92 Å². The molecule has 1 aromatic heterocycles. The van der Waals surface area contributed by atoms with Crippen LogP contribution in [0, 0.1) is 0 Å². The lowest BCUT2D eigenvalue weighted by molar-refractivity contribution is 0.468. The maximum absolute atomic E-state index is 9.47. The smallest absolute Gasteiger partial charge is 0.137 e. The van der Waals surface area contributed by atoms with E-state index in [1.807, 2.05) is 19.1 Å². The monoisotopic (exact) mass is 162 g/mol. The summed E-state index contributed by atoms with van der Waals surface area (Å²) in [5.74, 6) is 0.319. The summed E-state index contributed by atoms with van der Waals surface area (Å²) in [6.45, 7) is 2.01. The standard InChI is InChI=1S/C10H10O2/c1-2-7-5-8-3-4-12-10(8)6-9(7)11/h3-6,11H,2H2,1H3. The molecule has 0 spiro atoms. The van der Waals surface area contributed by atoms with Crippen LogP contribution < -0.4 is 0 Å². The van der Waals surface area contributed by atoms with Crippen molar-refractivity contribution in [2.75, 3.05) is 0 Å². The Morgan fingerprint density at radius 3 is 3.00 bits per heavy atom. The number of phenolic OH excluding ortho intramolecular Hbond substituents is 1. The van der Waals surface area contributed by atoms with Crippen molar-refractivity contribution in [3.8, 4) is 5.75 Å². The number of hydrogen-bond acceptors (Lipinski definition) is 2. The van der Waals surface area contributed by atoms with Crippen LogP contribution in [0.25, 0.3) is 11.0 Å². The second-order valence-corrected chi connectivity index (χ2v) is 2.79. The number of benzene rings is 1. The highest BCUT2D eigenvalue weighted by atomic mass is 16.3. The summed E-state index contributed by atoms with van der Waals surface area (Å²) in [7, 11) is 0. The number of hydrogen-bond donors (Lipinski definition) is 1. The van der Waals surface area contributed by atoms with E-state index in [0.29, 0.717) is 5.75 Å². The normalized spacial score (nSPS) is 10.8. The maximum atomic E-state index is 9.47. The highest BCUT2D eigenvalue weighted by Gasteiger charge is 2.03. The number of aromatic hydroxyl groups is 1. The Labute approximate surface area is 70.4 Å². The van der Waals surface area contributed by atoms with Gasteiger partial charge >= 0.3 is 0 Å². The first-order chi connectivity index (χ1) is 5.81. The van der Waals surface area contributed by atoms with Gasteiger partial charge in [0.2, 0.25) is 0 Å². The molecule has 0 aliphatic heterocycles. The van der Waals surface area contributed by atoms with Gasteiger partial charge in [0.15, 0.2) is 0 Å². The average Bonchev–Trinajstić information content (AvgIpc) is 2.49. The number of fused-ring (bicyclic) bond motifs is 1. The van der Waals surface area contributed by atoms with Crippen LogP contribution in [-0.4, -0.2) is 5.11 Å². The number of aryl methyl sites for hydroxylation is 1. The molecule has 2 heteroatoms. The molecule has 0 atom stereocenters. The molecule has 0 fully saturated rings. The summed E-state index contributed by atoms with van der Waals surface area (Å²) < 4.78 is 5.14. The fourth-order valence-electron chi connectivity index (χ4n) is 1.33. The van der Waals surface area contributed by atoms with Gasteiger partial charge in [-0.25, -0.2) is 0 Å². The Kier molecular flexibility index (Phi) is 1.54. The van der Waals surface area contributed by atoms with Gasteiger partial charge < -0.3 is 9.52 Å². The lowest BCUT2D eigenvalue weighted by atomic mass is 10.1. The van der Waals surface area contributed by atoms with Crippen LogP contribution in [0.15, 0.2) is 28.9 Å². The van der Waals surface area contributed by atoms with E-state index in [9.17, 15) is 5.11 Å². The lowest BCUT2D eigenvalue weighted by Gasteiger charge is -1.99. The topological polar surface area (TPSA) is 33.4 Å². The molecule has 0 saturated carbocycles. The molecule has 0 unspecified atom stereocenters. The van der Waals surface area contributed by atoms with Crippen molar-refractivity contribution in [2.24, 2.45) is 0 Å². The minimum absolute atomic E-state index is 0.319. The van der Waals surface area contributed by atoms with Gasteiger partial charge in [-0.05, 0) is 24.1 Å². The summed E-state index contributed by atoms with van der Waals surface area (Å²) in [4.78, 5) is 0. The molecular formula is C10H10O2. The van der Waals surface area contributed by atoms with E-state index >= 15 is 0 Å². The molecule has 0 radical (unpaired) electrons. The van der Waals surface area contributed by atoms with E-state index in [0.717, 1.165) is 23.0 Å². The Bertz CT molecular complexity index is 401. The van der Waals surface area contributed by atoms with Gasteiger partial charge in [0.05, 0.1) is 6.26 Å². The summed E-state index contributed by atoms with van der Waals surface area (Å²) in [5.41, 5.74) is 1.70. The van der Waals surface area contributed by atoms with Crippen molar-refractivity contribution >= 4 is 11.0 Å². The van der Waals surface area contributed by atoms with E-state index in [1.165, 1.54) is 0 Å². The zero-order valence-corrected chi connectivity index (χ0v) is 6.87. The van der Waals surface area contributed by atoms with Gasteiger partial charge in [0.25, 0.3) is 0 Å². The second kappa shape index (κ2) is 2.55. The molecule has 2 aromatic rings. The third-order valence-corrected chi connectivity index (χ3v) is 2.03. The van der Waals surface area contributed by atoms with Crippen LogP contribution in [0.4, 0.5) is 0 Å². The molecule has 1 N–H and O–H groups in total. The van der Waals surface area contributed by atoms with Crippen molar-refractivity contribution in [1.29, 1.82) is 0 Å². The fraction of sp³-hybridized carbons (Fsp3) is 0.200. The number of phenols is 1. The van der Waals surface area contributed by atoms with Gasteiger partial charge in [0.1, 0.15) is 11.3 Å². The first-order valence-corrected chi connectivity index (χ1v) is 4.00. The molecule has 1 aromatic carbocycles. The summed E-state index contributed by atoms with van der Waals surface area (Å²) in [5, 5.41) is 10.5. The molecule has 0 bridgehead atoms. The zero-order chi connectivity index (χ0) is 8.55. The Morgan fingerprint density at radius 2 is 2.25 bits per heavy atom. The van der Waals surface area contributed by atoms with Crippen LogP contribution >= 0.6 is 0 Å².